The van der Waals surface area contributed by atoms with Gasteiger partial charge in [0.2, 0.25) is 0 Å². The van der Waals surface area contributed by atoms with Crippen LogP contribution in [0.25, 0.3) is 0 Å². The summed E-state index contributed by atoms with van der Waals surface area (Å²) in [6.45, 7) is 6.82. The Labute approximate surface area is 99.5 Å². The van der Waals surface area contributed by atoms with Crippen molar-refractivity contribution in [3.63, 3.8) is 0 Å². The average molecular weight is 226 g/mol. The molecular formula is C13H26N2O. The number of likely N-dealkylation sites (tertiary alicyclic amines) is 1. The summed E-state index contributed by atoms with van der Waals surface area (Å²) in [5.74, 6) is 0. The number of hydrogen-bond donors (Lipinski definition) is 1. The lowest BCUT2D eigenvalue weighted by molar-refractivity contribution is 0.107. The van der Waals surface area contributed by atoms with Crippen molar-refractivity contribution in [3.05, 3.63) is 0 Å². The molecule has 1 aliphatic heterocycles. The van der Waals surface area contributed by atoms with Gasteiger partial charge in [0.1, 0.15) is 0 Å². The molecule has 16 heavy (non-hydrogen) atoms. The highest BCUT2D eigenvalue weighted by Crippen LogP contribution is 2.32. The van der Waals surface area contributed by atoms with Gasteiger partial charge in [-0.1, -0.05) is 0 Å². The molecule has 0 unspecified atom stereocenters. The summed E-state index contributed by atoms with van der Waals surface area (Å²) in [5, 5.41) is 3.85. The van der Waals surface area contributed by atoms with Gasteiger partial charge in [-0.3, -0.25) is 0 Å². The van der Waals surface area contributed by atoms with Crippen LogP contribution in [0.2, 0.25) is 0 Å². The lowest BCUT2D eigenvalue weighted by atomic mass is 9.77. The molecule has 0 atom stereocenters. The second-order valence-electron chi connectivity index (χ2n) is 5.67. The lowest BCUT2D eigenvalue weighted by Gasteiger charge is -2.44. The average Bonchev–Trinajstić information content (AvgIpc) is 2.26. The van der Waals surface area contributed by atoms with E-state index in [1.807, 2.05) is 0 Å². The zero-order valence-electron chi connectivity index (χ0n) is 10.8. The van der Waals surface area contributed by atoms with E-state index in [0.717, 1.165) is 19.2 Å². The Hall–Kier alpha value is -0.120. The van der Waals surface area contributed by atoms with Gasteiger partial charge in [-0.2, -0.15) is 0 Å². The van der Waals surface area contributed by atoms with E-state index in [9.17, 15) is 0 Å². The molecule has 1 aliphatic carbocycles. The number of rotatable bonds is 5. The molecule has 1 saturated heterocycles. The van der Waals surface area contributed by atoms with Crippen molar-refractivity contribution in [1.82, 2.24) is 10.2 Å². The van der Waals surface area contributed by atoms with Gasteiger partial charge in [-0.15, -0.1) is 0 Å². The first-order valence-corrected chi connectivity index (χ1v) is 6.71. The Morgan fingerprint density at radius 3 is 2.50 bits per heavy atom. The largest absolute Gasteiger partial charge is 0.383 e. The minimum atomic E-state index is 0.472. The molecule has 3 heteroatoms. The van der Waals surface area contributed by atoms with E-state index in [-0.39, 0.29) is 0 Å². The normalized spacial score (nSPS) is 26.6. The van der Waals surface area contributed by atoms with Crippen LogP contribution < -0.4 is 5.32 Å². The topological polar surface area (TPSA) is 24.5 Å². The SMILES string of the molecule is COCCN1CCC(NC2(C)CCC2)CC1. The van der Waals surface area contributed by atoms with Crippen LogP contribution in [0, 0.1) is 0 Å². The third-order valence-electron chi connectivity index (χ3n) is 4.21. The summed E-state index contributed by atoms with van der Waals surface area (Å²) in [7, 11) is 1.78. The lowest BCUT2D eigenvalue weighted by Crippen LogP contribution is -2.55. The molecule has 0 radical (unpaired) electrons. The number of nitrogens with one attached hydrogen (secondary N) is 1. The third-order valence-corrected chi connectivity index (χ3v) is 4.21. The van der Waals surface area contributed by atoms with E-state index in [2.05, 4.69) is 17.1 Å². The molecule has 3 nitrogen and oxygen atoms in total. The van der Waals surface area contributed by atoms with Gasteiger partial charge in [-0.25, -0.2) is 0 Å². The fraction of sp³-hybridized carbons (Fsp3) is 1.00. The summed E-state index contributed by atoms with van der Waals surface area (Å²) in [4.78, 5) is 2.52. The first kappa shape index (κ1) is 12.3. The molecule has 0 spiro atoms. The maximum Gasteiger partial charge on any atom is 0.0589 e. The van der Waals surface area contributed by atoms with E-state index in [1.165, 1.54) is 45.2 Å². The fourth-order valence-corrected chi connectivity index (χ4v) is 2.87. The quantitative estimate of drug-likeness (QED) is 0.771. The molecule has 1 heterocycles. The van der Waals surface area contributed by atoms with Crippen LogP contribution in [0.15, 0.2) is 0 Å². The molecule has 0 aromatic heterocycles. The highest BCUT2D eigenvalue weighted by Gasteiger charge is 2.34. The number of piperidine rings is 1. The molecule has 1 saturated carbocycles. The molecule has 0 aromatic rings. The minimum absolute atomic E-state index is 0.472. The summed E-state index contributed by atoms with van der Waals surface area (Å²) in [6, 6.07) is 0.754. The van der Waals surface area contributed by atoms with Crippen LogP contribution in [0.5, 0.6) is 0 Å². The zero-order chi connectivity index (χ0) is 11.4. The molecule has 2 rings (SSSR count). The number of ether oxygens (including phenoxy) is 1. The maximum atomic E-state index is 5.12. The minimum Gasteiger partial charge on any atom is -0.383 e. The predicted molar refractivity (Wildman–Crippen MR) is 66.7 cm³/mol. The van der Waals surface area contributed by atoms with Gasteiger partial charge in [-0.05, 0) is 52.1 Å². The van der Waals surface area contributed by atoms with Crippen molar-refractivity contribution in [2.24, 2.45) is 0 Å². The second-order valence-corrected chi connectivity index (χ2v) is 5.67. The molecule has 0 bridgehead atoms. The molecule has 94 valence electrons. The molecule has 1 N–H and O–H groups in total. The van der Waals surface area contributed by atoms with Crippen molar-refractivity contribution >= 4 is 0 Å². The number of methoxy groups -OCH3 is 1. The van der Waals surface area contributed by atoms with Gasteiger partial charge in [0.05, 0.1) is 6.61 Å². The summed E-state index contributed by atoms with van der Waals surface area (Å²) in [5.41, 5.74) is 0.472. The molecule has 0 aromatic carbocycles. The smallest absolute Gasteiger partial charge is 0.0589 e. The molecular weight excluding hydrogens is 200 g/mol. The van der Waals surface area contributed by atoms with E-state index >= 15 is 0 Å². The van der Waals surface area contributed by atoms with Crippen molar-refractivity contribution in [2.45, 2.75) is 50.6 Å². The Bertz CT molecular complexity index is 208. The van der Waals surface area contributed by atoms with Crippen LogP contribution in [-0.4, -0.2) is 49.8 Å². The van der Waals surface area contributed by atoms with Gasteiger partial charge in [0.15, 0.2) is 0 Å². The summed E-state index contributed by atoms with van der Waals surface area (Å²) >= 11 is 0. The number of nitrogens with zero attached hydrogens (tertiary/aromatic N) is 1. The van der Waals surface area contributed by atoms with Crippen molar-refractivity contribution in [1.29, 1.82) is 0 Å². The van der Waals surface area contributed by atoms with Crippen LogP contribution in [-0.2, 0) is 4.74 Å². The van der Waals surface area contributed by atoms with Crippen molar-refractivity contribution < 1.29 is 4.74 Å². The van der Waals surface area contributed by atoms with Crippen LogP contribution in [0.3, 0.4) is 0 Å². The van der Waals surface area contributed by atoms with Crippen LogP contribution in [0.4, 0.5) is 0 Å². The number of hydrogen-bond acceptors (Lipinski definition) is 3. The van der Waals surface area contributed by atoms with Crippen LogP contribution >= 0.6 is 0 Å². The Morgan fingerprint density at radius 2 is 2.00 bits per heavy atom. The molecule has 2 fully saturated rings. The van der Waals surface area contributed by atoms with E-state index in [1.54, 1.807) is 7.11 Å². The summed E-state index contributed by atoms with van der Waals surface area (Å²) in [6.07, 6.45) is 6.77. The first-order chi connectivity index (χ1) is 7.72. The van der Waals surface area contributed by atoms with Crippen molar-refractivity contribution in [3.8, 4) is 0 Å². The van der Waals surface area contributed by atoms with Crippen molar-refractivity contribution in [2.75, 3.05) is 33.4 Å². The standard InChI is InChI=1S/C13H26N2O/c1-13(6-3-7-13)14-12-4-8-15(9-5-12)10-11-16-2/h12,14H,3-11H2,1-2H3. The van der Waals surface area contributed by atoms with E-state index < -0.39 is 0 Å². The Morgan fingerprint density at radius 1 is 1.31 bits per heavy atom. The Balaban J connectivity index is 1.65. The van der Waals surface area contributed by atoms with Crippen LogP contribution in [0.1, 0.15) is 39.0 Å². The predicted octanol–water partition coefficient (Wildman–Crippen LogP) is 1.63. The molecule has 2 aliphatic rings. The van der Waals surface area contributed by atoms with E-state index in [0.29, 0.717) is 5.54 Å². The second kappa shape index (κ2) is 5.48. The van der Waals surface area contributed by atoms with Gasteiger partial charge >= 0.3 is 0 Å². The summed E-state index contributed by atoms with van der Waals surface area (Å²) < 4.78 is 5.12. The van der Waals surface area contributed by atoms with Gasteiger partial charge in [0.25, 0.3) is 0 Å². The van der Waals surface area contributed by atoms with E-state index in [4.69, 9.17) is 4.74 Å². The highest BCUT2D eigenvalue weighted by molar-refractivity contribution is 4.94. The maximum absolute atomic E-state index is 5.12. The Kier molecular flexibility index (Phi) is 4.22. The molecule has 0 amide bonds. The third kappa shape index (κ3) is 3.19. The van der Waals surface area contributed by atoms with Gasteiger partial charge < -0.3 is 15.0 Å². The monoisotopic (exact) mass is 226 g/mol. The zero-order valence-corrected chi connectivity index (χ0v) is 10.8. The first-order valence-electron chi connectivity index (χ1n) is 6.71. The highest BCUT2D eigenvalue weighted by atomic mass is 16.5. The van der Waals surface area contributed by atoms with Gasteiger partial charge in [0, 0.05) is 25.2 Å². The fourth-order valence-electron chi connectivity index (χ4n) is 2.87.